The van der Waals surface area contributed by atoms with Crippen molar-refractivity contribution < 1.29 is 0 Å². The van der Waals surface area contributed by atoms with Crippen LogP contribution in [-0.4, -0.2) is 0 Å². The van der Waals surface area contributed by atoms with Gasteiger partial charge in [-0.1, -0.05) is 215 Å². The third-order valence-corrected chi connectivity index (χ3v) is 11.1. The topological polar surface area (TPSA) is 0 Å². The zero-order valence-corrected chi connectivity index (χ0v) is 30.7. The van der Waals surface area contributed by atoms with Gasteiger partial charge >= 0.3 is 0 Å². The lowest BCUT2D eigenvalue weighted by atomic mass is 9.62. The number of rotatable bonds is 30. The summed E-state index contributed by atoms with van der Waals surface area (Å²) >= 11 is 0. The monoisotopic (exact) mass is 589 g/mol. The lowest BCUT2D eigenvalue weighted by molar-refractivity contribution is 0.0741. The molecule has 0 spiro atoms. The minimum atomic E-state index is 0.887. The van der Waals surface area contributed by atoms with Crippen molar-refractivity contribution in [3.8, 4) is 0 Å². The zero-order valence-electron chi connectivity index (χ0n) is 30.7. The van der Waals surface area contributed by atoms with Gasteiger partial charge in [-0.05, 0) is 54.8 Å². The largest absolute Gasteiger partial charge is 0.0654 e. The van der Waals surface area contributed by atoms with Crippen molar-refractivity contribution in [3.05, 3.63) is 0 Å². The molecule has 4 unspecified atom stereocenters. The van der Waals surface area contributed by atoms with Crippen molar-refractivity contribution >= 4 is 0 Å². The Morgan fingerprint density at radius 2 is 0.714 bits per heavy atom. The quantitative estimate of drug-likeness (QED) is 0.0732. The fraction of sp³-hybridized carbons (Fsp3) is 1.00. The molecule has 4 atom stereocenters. The lowest BCUT2D eigenvalue weighted by Gasteiger charge is -2.43. The lowest BCUT2D eigenvalue weighted by Crippen LogP contribution is -2.33. The van der Waals surface area contributed by atoms with Gasteiger partial charge in [-0.2, -0.15) is 0 Å². The van der Waals surface area contributed by atoms with Gasteiger partial charge in [-0.3, -0.25) is 0 Å². The summed E-state index contributed by atoms with van der Waals surface area (Å²) in [5.74, 6) is 5.97. The molecule has 1 aliphatic carbocycles. The molecule has 42 heavy (non-hydrogen) atoms. The highest BCUT2D eigenvalue weighted by Crippen LogP contribution is 2.47. The summed E-state index contributed by atoms with van der Waals surface area (Å²) in [5.41, 5.74) is 0. The molecule has 0 amide bonds. The normalized spacial score (nSPS) is 21.1. The maximum Gasteiger partial charge on any atom is -0.0357 e. The van der Waals surface area contributed by atoms with Gasteiger partial charge in [0.15, 0.2) is 0 Å². The van der Waals surface area contributed by atoms with Crippen LogP contribution in [0.5, 0.6) is 0 Å². The second-order valence-electron chi connectivity index (χ2n) is 16.1. The first-order chi connectivity index (χ1) is 20.5. The summed E-state index contributed by atoms with van der Waals surface area (Å²) in [6, 6.07) is 0. The summed E-state index contributed by atoms with van der Waals surface area (Å²) < 4.78 is 0. The van der Waals surface area contributed by atoms with Crippen LogP contribution in [0.4, 0.5) is 0 Å². The fourth-order valence-corrected chi connectivity index (χ4v) is 8.41. The van der Waals surface area contributed by atoms with Gasteiger partial charge in [-0.25, -0.2) is 0 Å². The standard InChI is InChI=1S/C42H84/c1-7-9-11-13-22-28-34-42-40(32-26-12-10-8-2)35-39(31-25-20-16-14-18-23-29-37(3)4)36-41(42)33-27-21-17-15-19-24-30-38(5)6/h37-42H,7-36H2,1-6H3. The van der Waals surface area contributed by atoms with Gasteiger partial charge in [0, 0.05) is 0 Å². The Kier molecular flexibility index (Phi) is 27.1. The van der Waals surface area contributed by atoms with E-state index in [0.29, 0.717) is 0 Å². The maximum atomic E-state index is 2.38. The number of hydrogen-bond donors (Lipinski definition) is 0. The van der Waals surface area contributed by atoms with Crippen molar-refractivity contribution in [2.24, 2.45) is 35.5 Å². The third kappa shape index (κ3) is 22.5. The first-order valence-corrected chi connectivity index (χ1v) is 20.5. The second-order valence-corrected chi connectivity index (χ2v) is 16.1. The summed E-state index contributed by atoms with van der Waals surface area (Å²) in [6.07, 6.45) is 44.8. The second kappa shape index (κ2) is 28.5. The van der Waals surface area contributed by atoms with Gasteiger partial charge in [0.25, 0.3) is 0 Å². The Morgan fingerprint density at radius 1 is 0.381 bits per heavy atom. The van der Waals surface area contributed by atoms with Crippen LogP contribution in [0.2, 0.25) is 0 Å². The molecule has 0 nitrogen and oxygen atoms in total. The van der Waals surface area contributed by atoms with Gasteiger partial charge in [0.2, 0.25) is 0 Å². The molecule has 0 bridgehead atoms. The molecule has 1 rings (SSSR count). The fourth-order valence-electron chi connectivity index (χ4n) is 8.41. The van der Waals surface area contributed by atoms with E-state index in [1.807, 2.05) is 0 Å². The SMILES string of the molecule is CCCCCCCCC1C(CCCCCC)CC(CCCCCCCCC(C)C)CC1CCCCCCCCC(C)C. The molecule has 0 N–H and O–H groups in total. The summed E-state index contributed by atoms with van der Waals surface area (Å²) in [5, 5.41) is 0. The Bertz CT molecular complexity index is 532. The zero-order chi connectivity index (χ0) is 30.7. The van der Waals surface area contributed by atoms with Crippen LogP contribution >= 0.6 is 0 Å². The minimum absolute atomic E-state index is 0.887. The molecule has 1 fully saturated rings. The van der Waals surface area contributed by atoms with Crippen molar-refractivity contribution in [1.82, 2.24) is 0 Å². The van der Waals surface area contributed by atoms with Crippen LogP contribution in [0.15, 0.2) is 0 Å². The molecule has 0 aromatic heterocycles. The molecule has 0 heterocycles. The van der Waals surface area contributed by atoms with Crippen LogP contribution in [0.1, 0.15) is 234 Å². The van der Waals surface area contributed by atoms with Crippen LogP contribution in [0.3, 0.4) is 0 Å². The van der Waals surface area contributed by atoms with Gasteiger partial charge in [0.05, 0.1) is 0 Å². The van der Waals surface area contributed by atoms with Crippen molar-refractivity contribution in [1.29, 1.82) is 0 Å². The van der Waals surface area contributed by atoms with Crippen LogP contribution in [0.25, 0.3) is 0 Å². The Labute approximate surface area is 269 Å². The van der Waals surface area contributed by atoms with Crippen molar-refractivity contribution in [3.63, 3.8) is 0 Å². The van der Waals surface area contributed by atoms with E-state index in [2.05, 4.69) is 41.5 Å². The summed E-state index contributed by atoms with van der Waals surface area (Å²) in [4.78, 5) is 0. The highest BCUT2D eigenvalue weighted by molar-refractivity contribution is 4.87. The summed E-state index contributed by atoms with van der Waals surface area (Å²) in [6.45, 7) is 14.2. The minimum Gasteiger partial charge on any atom is -0.0654 e. The van der Waals surface area contributed by atoms with E-state index in [0.717, 1.165) is 35.5 Å². The Hall–Kier alpha value is 0. The van der Waals surface area contributed by atoms with E-state index >= 15 is 0 Å². The predicted octanol–water partition coefficient (Wildman–Crippen LogP) is 15.5. The van der Waals surface area contributed by atoms with Crippen molar-refractivity contribution in [2.75, 3.05) is 0 Å². The number of unbranched alkanes of at least 4 members (excludes halogenated alkanes) is 18. The molecule has 1 aliphatic rings. The molecule has 1 saturated carbocycles. The highest BCUT2D eigenvalue weighted by Gasteiger charge is 2.36. The highest BCUT2D eigenvalue weighted by atomic mass is 14.4. The van der Waals surface area contributed by atoms with E-state index in [9.17, 15) is 0 Å². The molecule has 0 aromatic rings. The smallest absolute Gasteiger partial charge is 0.0357 e. The molecule has 0 saturated heterocycles. The third-order valence-electron chi connectivity index (χ3n) is 11.1. The Morgan fingerprint density at radius 3 is 1.14 bits per heavy atom. The average Bonchev–Trinajstić information content (AvgIpc) is 2.96. The van der Waals surface area contributed by atoms with Crippen LogP contribution in [-0.2, 0) is 0 Å². The molecule has 0 heteroatoms. The first kappa shape index (κ1) is 40.0. The van der Waals surface area contributed by atoms with E-state index in [1.165, 1.54) is 154 Å². The van der Waals surface area contributed by atoms with Gasteiger partial charge < -0.3 is 0 Å². The molecular formula is C42H84. The maximum absolute atomic E-state index is 2.38. The molecular weight excluding hydrogens is 504 g/mol. The van der Waals surface area contributed by atoms with E-state index in [1.54, 1.807) is 38.5 Å². The van der Waals surface area contributed by atoms with E-state index < -0.39 is 0 Å². The van der Waals surface area contributed by atoms with Crippen LogP contribution in [0, 0.1) is 35.5 Å². The van der Waals surface area contributed by atoms with Crippen molar-refractivity contribution in [2.45, 2.75) is 234 Å². The molecule has 0 radical (unpaired) electrons. The van der Waals surface area contributed by atoms with Gasteiger partial charge in [0.1, 0.15) is 0 Å². The predicted molar refractivity (Wildman–Crippen MR) is 193 cm³/mol. The summed E-state index contributed by atoms with van der Waals surface area (Å²) in [7, 11) is 0. The average molecular weight is 589 g/mol. The van der Waals surface area contributed by atoms with Gasteiger partial charge in [-0.15, -0.1) is 0 Å². The molecule has 0 aromatic carbocycles. The van der Waals surface area contributed by atoms with E-state index in [-0.39, 0.29) is 0 Å². The molecule has 0 aliphatic heterocycles. The van der Waals surface area contributed by atoms with Crippen LogP contribution < -0.4 is 0 Å². The number of hydrogen-bond acceptors (Lipinski definition) is 0. The first-order valence-electron chi connectivity index (χ1n) is 20.5. The molecule has 252 valence electrons. The Balaban J connectivity index is 2.62. The van der Waals surface area contributed by atoms with E-state index in [4.69, 9.17) is 0 Å².